The van der Waals surface area contributed by atoms with Gasteiger partial charge in [0, 0.05) is 0 Å². The maximum absolute atomic E-state index is 14.8. The first-order valence-corrected chi connectivity index (χ1v) is 10.8. The molecule has 2 aromatic rings. The van der Waals surface area contributed by atoms with Gasteiger partial charge < -0.3 is 5.32 Å². The van der Waals surface area contributed by atoms with Gasteiger partial charge in [-0.15, -0.1) is 11.6 Å². The summed E-state index contributed by atoms with van der Waals surface area (Å²) in [7, 11) is 0. The summed E-state index contributed by atoms with van der Waals surface area (Å²) in [5.74, 6) is -10.1. The van der Waals surface area contributed by atoms with E-state index < -0.39 is 63.9 Å². The van der Waals surface area contributed by atoms with Gasteiger partial charge in [0.25, 0.3) is 11.8 Å². The van der Waals surface area contributed by atoms with Gasteiger partial charge in [0.15, 0.2) is 17.5 Å². The van der Waals surface area contributed by atoms with Crippen LogP contribution in [0.2, 0.25) is 0 Å². The van der Waals surface area contributed by atoms with E-state index in [4.69, 9.17) is 11.6 Å². The molecule has 0 unspecified atom stereocenters. The number of hydrogen-bond donors (Lipinski definition) is 2. The Balaban J connectivity index is 2.25. The van der Waals surface area contributed by atoms with Crippen LogP contribution in [0.1, 0.15) is 71.4 Å². The fraction of sp³-hybridized carbons (Fsp3) is 0.304. The van der Waals surface area contributed by atoms with Gasteiger partial charge in [0.1, 0.15) is 5.88 Å². The predicted octanol–water partition coefficient (Wildman–Crippen LogP) is 5.04. The van der Waals surface area contributed by atoms with E-state index in [0.29, 0.717) is 16.0 Å². The summed E-state index contributed by atoms with van der Waals surface area (Å²) < 4.78 is 43.8. The van der Waals surface area contributed by atoms with Crippen molar-refractivity contribution in [3.63, 3.8) is 0 Å². The molecule has 1 aliphatic rings. The summed E-state index contributed by atoms with van der Waals surface area (Å²) in [5, 5.41) is 3.56. The Labute approximate surface area is 198 Å². The van der Waals surface area contributed by atoms with Crippen molar-refractivity contribution in [3.05, 3.63) is 57.9 Å². The van der Waals surface area contributed by atoms with Crippen LogP contribution in [0.25, 0.3) is 0 Å². The molecule has 0 aliphatic carbocycles. The van der Waals surface area contributed by atoms with Crippen molar-refractivity contribution in [2.75, 3.05) is 16.1 Å². The summed E-state index contributed by atoms with van der Waals surface area (Å²) >= 11 is 5.30. The van der Waals surface area contributed by atoms with E-state index >= 15 is 0 Å². The first-order valence-electron chi connectivity index (χ1n) is 10.3. The number of imide groups is 2. The lowest BCUT2D eigenvalue weighted by atomic mass is 9.92. The number of halogens is 4. The fourth-order valence-electron chi connectivity index (χ4n) is 3.79. The number of carbonyl (C=O) groups excluding carboxylic acids is 4. The molecule has 7 nitrogen and oxygen atoms in total. The van der Waals surface area contributed by atoms with Crippen LogP contribution in [0.3, 0.4) is 0 Å². The second kappa shape index (κ2) is 9.46. The second-order valence-electron chi connectivity index (χ2n) is 8.24. The van der Waals surface area contributed by atoms with Crippen molar-refractivity contribution in [2.45, 2.75) is 39.5 Å². The fourth-order valence-corrected chi connectivity index (χ4v) is 3.85. The molecule has 1 heterocycles. The highest BCUT2D eigenvalue weighted by Gasteiger charge is 2.46. The van der Waals surface area contributed by atoms with E-state index in [1.165, 1.54) is 0 Å². The summed E-state index contributed by atoms with van der Waals surface area (Å²) in [6.45, 7) is 7.30. The molecule has 0 bridgehead atoms. The van der Waals surface area contributed by atoms with Crippen molar-refractivity contribution in [2.24, 2.45) is 0 Å². The Morgan fingerprint density at radius 2 is 1.44 bits per heavy atom. The number of nitrogens with one attached hydrogen (secondary N) is 2. The summed E-state index contributed by atoms with van der Waals surface area (Å²) in [4.78, 5) is 50.8. The van der Waals surface area contributed by atoms with Crippen molar-refractivity contribution < 1.29 is 32.3 Å². The number of carbonyl (C=O) groups is 4. The average Bonchev–Trinajstić information content (AvgIpc) is 3.04. The smallest absolute Gasteiger partial charge is 0.304 e. The molecule has 3 rings (SSSR count). The number of hydrogen-bond acceptors (Lipinski definition) is 4. The third kappa shape index (κ3) is 4.13. The van der Waals surface area contributed by atoms with Crippen LogP contribution < -0.4 is 15.5 Å². The van der Waals surface area contributed by atoms with Crippen LogP contribution in [0.5, 0.6) is 0 Å². The minimum Gasteiger partial charge on any atom is -0.304 e. The molecular weight excluding hydrogens is 475 g/mol. The third-order valence-electron chi connectivity index (χ3n) is 5.34. The van der Waals surface area contributed by atoms with Crippen molar-refractivity contribution in [1.29, 1.82) is 0 Å². The highest BCUT2D eigenvalue weighted by atomic mass is 35.5. The maximum Gasteiger partial charge on any atom is 0.326 e. The molecule has 2 N–H and O–H groups in total. The van der Waals surface area contributed by atoms with Crippen LogP contribution in [-0.4, -0.2) is 29.6 Å². The zero-order chi connectivity index (χ0) is 25.5. The molecule has 180 valence electrons. The standard InChI is InChI=1S/C23H21ClF3N3O4/c1-9(2)11-6-5-7-12(10(3)4)20(11)30-21(32)14-15(22(30)33)19(18(27)17(26)16(14)25)29-23(34)28-13(31)8-24/h5-7,9-10H,8H2,1-4H3,(H2,28,29,31,34). The number of urea groups is 1. The van der Waals surface area contributed by atoms with Crippen LogP contribution in [0.4, 0.5) is 29.3 Å². The Morgan fingerprint density at radius 1 is 0.912 bits per heavy atom. The normalized spacial score (nSPS) is 13.1. The van der Waals surface area contributed by atoms with E-state index in [9.17, 15) is 32.3 Å². The summed E-state index contributed by atoms with van der Waals surface area (Å²) in [6.07, 6.45) is 0. The van der Waals surface area contributed by atoms with Gasteiger partial charge in [0.2, 0.25) is 5.91 Å². The Hall–Kier alpha value is -3.40. The van der Waals surface area contributed by atoms with Crippen LogP contribution >= 0.6 is 11.6 Å². The second-order valence-corrected chi connectivity index (χ2v) is 8.51. The van der Waals surface area contributed by atoms with Gasteiger partial charge in [-0.1, -0.05) is 45.9 Å². The van der Waals surface area contributed by atoms with Crippen LogP contribution in [0, 0.1) is 17.5 Å². The lowest BCUT2D eigenvalue weighted by Gasteiger charge is -2.25. The lowest BCUT2D eigenvalue weighted by Crippen LogP contribution is -2.36. The minimum atomic E-state index is -2.05. The number of benzene rings is 2. The van der Waals surface area contributed by atoms with E-state index in [1.807, 2.05) is 33.0 Å². The molecule has 0 fully saturated rings. The molecule has 0 spiro atoms. The van der Waals surface area contributed by atoms with Gasteiger partial charge in [-0.05, 0) is 23.0 Å². The van der Waals surface area contributed by atoms with Gasteiger partial charge in [-0.3, -0.25) is 19.7 Å². The molecule has 0 atom stereocenters. The van der Waals surface area contributed by atoms with Gasteiger partial charge >= 0.3 is 6.03 Å². The Bertz CT molecular complexity index is 1200. The maximum atomic E-state index is 14.8. The Morgan fingerprint density at radius 3 is 1.94 bits per heavy atom. The number of anilines is 2. The third-order valence-corrected chi connectivity index (χ3v) is 5.58. The monoisotopic (exact) mass is 495 g/mol. The number of nitrogens with zero attached hydrogens (tertiary/aromatic N) is 1. The molecule has 5 amide bonds. The predicted molar refractivity (Wildman–Crippen MR) is 120 cm³/mol. The van der Waals surface area contributed by atoms with Crippen LogP contribution in [-0.2, 0) is 4.79 Å². The molecule has 0 aromatic heterocycles. The molecule has 11 heteroatoms. The number of amides is 5. The molecular formula is C23H21ClF3N3O4. The zero-order valence-corrected chi connectivity index (χ0v) is 19.4. The van der Waals surface area contributed by atoms with E-state index in [1.54, 1.807) is 23.5 Å². The van der Waals surface area contributed by atoms with Crippen molar-refractivity contribution in [1.82, 2.24) is 5.32 Å². The number of alkyl halides is 1. The topological polar surface area (TPSA) is 95.6 Å². The Kier molecular flexibility index (Phi) is 7.02. The van der Waals surface area contributed by atoms with E-state index in [0.717, 1.165) is 0 Å². The van der Waals surface area contributed by atoms with Gasteiger partial charge in [0.05, 0.1) is 22.5 Å². The average molecular weight is 496 g/mol. The minimum absolute atomic E-state index is 0.165. The number of rotatable bonds is 5. The van der Waals surface area contributed by atoms with E-state index in [2.05, 4.69) is 0 Å². The SMILES string of the molecule is CC(C)c1cccc(C(C)C)c1N1C(=O)c2c(F)c(F)c(F)c(NC(=O)NC(=O)CCl)c2C1=O. The summed E-state index contributed by atoms with van der Waals surface area (Å²) in [6, 6.07) is 3.79. The largest absolute Gasteiger partial charge is 0.326 e. The first-order chi connectivity index (χ1) is 15.9. The molecule has 0 radical (unpaired) electrons. The van der Waals surface area contributed by atoms with Crippen LogP contribution in [0.15, 0.2) is 18.2 Å². The van der Waals surface area contributed by atoms with Crippen molar-refractivity contribution in [3.8, 4) is 0 Å². The van der Waals surface area contributed by atoms with Gasteiger partial charge in [-0.2, -0.15) is 0 Å². The molecule has 2 aromatic carbocycles. The molecule has 0 saturated heterocycles. The van der Waals surface area contributed by atoms with Gasteiger partial charge in [-0.25, -0.2) is 22.9 Å². The quantitative estimate of drug-likeness (QED) is 0.345. The number of fused-ring (bicyclic) bond motifs is 1. The number of para-hydroxylation sites is 1. The van der Waals surface area contributed by atoms with E-state index in [-0.39, 0.29) is 17.5 Å². The first kappa shape index (κ1) is 25.2. The molecule has 34 heavy (non-hydrogen) atoms. The summed E-state index contributed by atoms with van der Waals surface area (Å²) in [5.41, 5.74) is -1.59. The highest BCUT2D eigenvalue weighted by molar-refractivity contribution is 6.37. The molecule has 1 aliphatic heterocycles. The highest BCUT2D eigenvalue weighted by Crippen LogP contribution is 2.42. The zero-order valence-electron chi connectivity index (χ0n) is 18.7. The van der Waals surface area contributed by atoms with Crippen molar-refractivity contribution >= 4 is 46.7 Å². The molecule has 0 saturated carbocycles. The lowest BCUT2D eigenvalue weighted by molar-refractivity contribution is -0.117.